The van der Waals surface area contributed by atoms with Gasteiger partial charge in [-0.2, -0.15) is 0 Å². The number of carbonyl (C=O) groups is 3. The van der Waals surface area contributed by atoms with Gasteiger partial charge in [-0.3, -0.25) is 14.4 Å². The minimum Gasteiger partial charge on any atom is -0.477 e. The molecule has 0 aliphatic rings. The third-order valence-corrected chi connectivity index (χ3v) is 4.01. The number of rotatable bonds is 6. The van der Waals surface area contributed by atoms with Gasteiger partial charge in [0.25, 0.3) is 11.5 Å². The number of hydrogen-bond donors (Lipinski definition) is 3. The normalized spacial score (nSPS) is 11.9. The molecule has 4 N–H and O–H groups in total. The Balaban J connectivity index is 2.32. The zero-order valence-electron chi connectivity index (χ0n) is 15.8. The number of carbonyl (C=O) groups excluding carboxylic acids is 2. The molecule has 9 heteroatoms. The lowest BCUT2D eigenvalue weighted by atomic mass is 10.0. The fourth-order valence-electron chi connectivity index (χ4n) is 2.70. The molecule has 0 fully saturated rings. The van der Waals surface area contributed by atoms with Crippen molar-refractivity contribution in [1.82, 2.24) is 9.97 Å². The summed E-state index contributed by atoms with van der Waals surface area (Å²) in [7, 11) is 0. The summed E-state index contributed by atoms with van der Waals surface area (Å²) in [6, 6.07) is 5.38. The van der Waals surface area contributed by atoms with E-state index in [2.05, 4.69) is 9.97 Å². The average Bonchev–Trinajstić information content (AvgIpc) is 2.61. The SMILES string of the molecule is CC(=O)N(C(=O)C(N)CC(C)C)c1ccc(-c2ncc(C(=O)O)c(=O)[nH]2)cc1. The average molecular weight is 386 g/mol. The Morgan fingerprint density at radius 1 is 1.21 bits per heavy atom. The molecular weight excluding hydrogens is 364 g/mol. The highest BCUT2D eigenvalue weighted by Gasteiger charge is 2.26. The van der Waals surface area contributed by atoms with Gasteiger partial charge in [0.1, 0.15) is 11.4 Å². The highest BCUT2D eigenvalue weighted by atomic mass is 16.4. The topological polar surface area (TPSA) is 146 Å². The van der Waals surface area contributed by atoms with Crippen LogP contribution in [0.3, 0.4) is 0 Å². The molecule has 0 bridgehead atoms. The smallest absolute Gasteiger partial charge is 0.342 e. The molecule has 1 unspecified atom stereocenters. The van der Waals surface area contributed by atoms with E-state index in [0.717, 1.165) is 11.1 Å². The van der Waals surface area contributed by atoms with Crippen molar-refractivity contribution in [3.05, 3.63) is 46.4 Å². The number of benzene rings is 1. The van der Waals surface area contributed by atoms with Crippen LogP contribution in [-0.2, 0) is 9.59 Å². The maximum absolute atomic E-state index is 12.6. The Labute approximate surface area is 161 Å². The standard InChI is InChI=1S/C19H22N4O5/c1-10(2)8-15(20)18(26)23(11(3)24)13-6-4-12(5-7-13)16-21-9-14(19(27)28)17(25)22-16/h4-7,9-10,15H,8,20H2,1-3H3,(H,27,28)(H,21,22,25). The first kappa shape index (κ1) is 21.0. The van der Waals surface area contributed by atoms with Crippen LogP contribution in [0.5, 0.6) is 0 Å². The lowest BCUT2D eigenvalue weighted by Gasteiger charge is -2.24. The van der Waals surface area contributed by atoms with Gasteiger partial charge < -0.3 is 15.8 Å². The monoisotopic (exact) mass is 386 g/mol. The van der Waals surface area contributed by atoms with Crippen LogP contribution in [-0.4, -0.2) is 38.9 Å². The van der Waals surface area contributed by atoms with Crippen LogP contribution in [0.4, 0.5) is 5.69 Å². The lowest BCUT2D eigenvalue weighted by molar-refractivity contribution is -0.126. The quantitative estimate of drug-likeness (QED) is 0.679. The van der Waals surface area contributed by atoms with Crippen molar-refractivity contribution < 1.29 is 19.5 Å². The number of aromatic amines is 1. The van der Waals surface area contributed by atoms with E-state index in [0.29, 0.717) is 17.7 Å². The molecule has 148 valence electrons. The number of amides is 2. The summed E-state index contributed by atoms with van der Waals surface area (Å²) in [6.45, 7) is 5.14. The van der Waals surface area contributed by atoms with Crippen LogP contribution in [0.2, 0.25) is 0 Å². The first-order valence-electron chi connectivity index (χ1n) is 8.65. The molecule has 2 aromatic rings. The number of nitrogens with zero attached hydrogens (tertiary/aromatic N) is 2. The van der Waals surface area contributed by atoms with Gasteiger partial charge in [-0.25, -0.2) is 14.7 Å². The fourth-order valence-corrected chi connectivity index (χ4v) is 2.70. The van der Waals surface area contributed by atoms with Crippen LogP contribution in [0, 0.1) is 5.92 Å². The molecule has 0 spiro atoms. The van der Waals surface area contributed by atoms with E-state index in [1.54, 1.807) is 12.1 Å². The Morgan fingerprint density at radius 2 is 1.82 bits per heavy atom. The molecule has 2 rings (SSSR count). The van der Waals surface area contributed by atoms with Crippen molar-refractivity contribution in [1.29, 1.82) is 0 Å². The summed E-state index contributed by atoms with van der Waals surface area (Å²) < 4.78 is 0. The fraction of sp³-hybridized carbons (Fsp3) is 0.316. The van der Waals surface area contributed by atoms with Crippen molar-refractivity contribution in [2.45, 2.75) is 33.2 Å². The van der Waals surface area contributed by atoms with Gasteiger partial charge in [0.2, 0.25) is 5.91 Å². The number of aromatic nitrogens is 2. The van der Waals surface area contributed by atoms with Crippen LogP contribution in [0.25, 0.3) is 11.4 Å². The van der Waals surface area contributed by atoms with Crippen molar-refractivity contribution in [2.75, 3.05) is 4.90 Å². The van der Waals surface area contributed by atoms with Gasteiger partial charge in [0.15, 0.2) is 0 Å². The third-order valence-electron chi connectivity index (χ3n) is 4.01. The van der Waals surface area contributed by atoms with Gasteiger partial charge in [0.05, 0.1) is 11.7 Å². The number of nitrogens with two attached hydrogens (primary N) is 1. The van der Waals surface area contributed by atoms with Gasteiger partial charge in [-0.1, -0.05) is 13.8 Å². The van der Waals surface area contributed by atoms with E-state index in [1.165, 1.54) is 19.1 Å². The first-order valence-corrected chi connectivity index (χ1v) is 8.65. The molecule has 1 heterocycles. The number of carboxylic acid groups (broad SMARTS) is 1. The molecule has 1 atom stereocenters. The second-order valence-corrected chi connectivity index (χ2v) is 6.76. The third kappa shape index (κ3) is 4.68. The Bertz CT molecular complexity index is 950. The number of hydrogen-bond acceptors (Lipinski definition) is 6. The van der Waals surface area contributed by atoms with Gasteiger partial charge >= 0.3 is 5.97 Å². The van der Waals surface area contributed by atoms with E-state index in [4.69, 9.17) is 10.8 Å². The molecule has 1 aromatic heterocycles. The zero-order valence-corrected chi connectivity index (χ0v) is 15.8. The van der Waals surface area contributed by atoms with Gasteiger partial charge in [-0.15, -0.1) is 0 Å². The van der Waals surface area contributed by atoms with E-state index in [-0.39, 0.29) is 11.7 Å². The summed E-state index contributed by atoms with van der Waals surface area (Å²) in [5.41, 5.74) is 5.51. The van der Waals surface area contributed by atoms with Crippen molar-refractivity contribution in [3.8, 4) is 11.4 Å². The Morgan fingerprint density at radius 3 is 2.29 bits per heavy atom. The molecule has 0 radical (unpaired) electrons. The van der Waals surface area contributed by atoms with Crippen LogP contribution in [0.1, 0.15) is 37.6 Å². The Hall–Kier alpha value is -3.33. The summed E-state index contributed by atoms with van der Waals surface area (Å²) in [4.78, 5) is 54.6. The number of imide groups is 1. The summed E-state index contributed by atoms with van der Waals surface area (Å²) in [6.07, 6.45) is 1.42. The summed E-state index contributed by atoms with van der Waals surface area (Å²) >= 11 is 0. The first-order chi connectivity index (χ1) is 13.1. The minimum atomic E-state index is -1.37. The minimum absolute atomic E-state index is 0.166. The summed E-state index contributed by atoms with van der Waals surface area (Å²) in [5.74, 6) is -1.96. The molecule has 28 heavy (non-hydrogen) atoms. The molecular formula is C19H22N4O5. The van der Waals surface area contributed by atoms with Gasteiger partial charge in [0, 0.05) is 18.7 Å². The largest absolute Gasteiger partial charge is 0.477 e. The van der Waals surface area contributed by atoms with E-state index >= 15 is 0 Å². The van der Waals surface area contributed by atoms with E-state index in [1.807, 2.05) is 13.8 Å². The number of anilines is 1. The predicted molar refractivity (Wildman–Crippen MR) is 103 cm³/mol. The van der Waals surface area contributed by atoms with E-state index in [9.17, 15) is 19.2 Å². The zero-order chi connectivity index (χ0) is 21.0. The number of nitrogens with one attached hydrogen (secondary N) is 1. The molecule has 2 amide bonds. The maximum Gasteiger partial charge on any atom is 0.342 e. The van der Waals surface area contributed by atoms with Crippen LogP contribution in [0.15, 0.2) is 35.3 Å². The van der Waals surface area contributed by atoms with Gasteiger partial charge in [-0.05, 0) is 36.6 Å². The van der Waals surface area contributed by atoms with Crippen molar-refractivity contribution in [3.63, 3.8) is 0 Å². The second-order valence-electron chi connectivity index (χ2n) is 6.76. The number of H-pyrrole nitrogens is 1. The molecule has 0 aliphatic heterocycles. The molecule has 0 saturated heterocycles. The molecule has 1 aromatic carbocycles. The predicted octanol–water partition coefficient (Wildman–Crippen LogP) is 1.39. The highest BCUT2D eigenvalue weighted by Crippen LogP contribution is 2.22. The van der Waals surface area contributed by atoms with Crippen molar-refractivity contribution in [2.24, 2.45) is 11.7 Å². The number of aromatic carboxylic acids is 1. The second kappa shape index (κ2) is 8.57. The Kier molecular flexibility index (Phi) is 6.42. The molecule has 0 aliphatic carbocycles. The summed E-state index contributed by atoms with van der Waals surface area (Å²) in [5, 5.41) is 8.89. The molecule has 0 saturated carbocycles. The van der Waals surface area contributed by atoms with Crippen molar-refractivity contribution >= 4 is 23.5 Å². The molecule has 9 nitrogen and oxygen atoms in total. The van der Waals surface area contributed by atoms with Crippen LogP contribution >= 0.6 is 0 Å². The van der Waals surface area contributed by atoms with E-state index < -0.39 is 34.9 Å². The highest BCUT2D eigenvalue weighted by molar-refractivity contribution is 6.15. The number of carboxylic acids is 1. The maximum atomic E-state index is 12.6. The van der Waals surface area contributed by atoms with Crippen LogP contribution < -0.4 is 16.2 Å². The lowest BCUT2D eigenvalue weighted by Crippen LogP contribution is -2.46.